The second-order valence-electron chi connectivity index (χ2n) is 6.48. The largest absolute Gasteiger partial charge is 0.504 e. The summed E-state index contributed by atoms with van der Waals surface area (Å²) in [5.41, 5.74) is 5.77. The average Bonchev–Trinajstić information content (AvgIpc) is 2.43. The zero-order chi connectivity index (χ0) is 14.3. The van der Waals surface area contributed by atoms with Crippen molar-refractivity contribution >= 4 is 0 Å². The molecule has 3 rings (SSSR count). The third-order valence-electron chi connectivity index (χ3n) is 5.29. The lowest BCUT2D eigenvalue weighted by Crippen LogP contribution is -2.53. The molecule has 0 radical (unpaired) electrons. The Hall–Kier alpha value is -1.26. The summed E-state index contributed by atoms with van der Waals surface area (Å²) in [7, 11) is 0. The molecule has 110 valence electrons. The number of phenols is 2. The summed E-state index contributed by atoms with van der Waals surface area (Å²) in [5, 5.41) is 30.1. The van der Waals surface area contributed by atoms with Crippen molar-refractivity contribution in [1.82, 2.24) is 0 Å². The maximum Gasteiger partial charge on any atom is 0.157 e. The van der Waals surface area contributed by atoms with Crippen LogP contribution in [0.1, 0.15) is 44.1 Å². The Bertz CT molecular complexity index is 504. The van der Waals surface area contributed by atoms with Gasteiger partial charge in [-0.1, -0.05) is 31.7 Å². The van der Waals surface area contributed by atoms with E-state index in [1.165, 1.54) is 31.4 Å². The Morgan fingerprint density at radius 2 is 1.75 bits per heavy atom. The molecule has 4 atom stereocenters. The summed E-state index contributed by atoms with van der Waals surface area (Å²) >= 11 is 0. The average molecular weight is 277 g/mol. The lowest BCUT2D eigenvalue weighted by molar-refractivity contribution is -0.0667. The highest BCUT2D eigenvalue weighted by Gasteiger charge is 2.46. The second-order valence-corrected chi connectivity index (χ2v) is 6.48. The highest BCUT2D eigenvalue weighted by Crippen LogP contribution is 2.48. The molecule has 2 aliphatic carbocycles. The van der Waals surface area contributed by atoms with Crippen molar-refractivity contribution in [2.24, 2.45) is 17.6 Å². The zero-order valence-electron chi connectivity index (χ0n) is 11.6. The van der Waals surface area contributed by atoms with Gasteiger partial charge in [0.15, 0.2) is 11.5 Å². The van der Waals surface area contributed by atoms with Gasteiger partial charge in [0.25, 0.3) is 0 Å². The number of rotatable bonds is 1. The third-order valence-corrected chi connectivity index (χ3v) is 5.29. The van der Waals surface area contributed by atoms with Crippen molar-refractivity contribution < 1.29 is 15.3 Å². The van der Waals surface area contributed by atoms with Crippen LogP contribution in [0.2, 0.25) is 0 Å². The van der Waals surface area contributed by atoms with Crippen LogP contribution < -0.4 is 5.73 Å². The fraction of sp³-hybridized carbons (Fsp3) is 0.625. The molecule has 1 aromatic carbocycles. The molecule has 20 heavy (non-hydrogen) atoms. The van der Waals surface area contributed by atoms with Crippen molar-refractivity contribution in [2.75, 3.05) is 0 Å². The first kappa shape index (κ1) is 13.7. The minimum atomic E-state index is -1.09. The predicted octanol–water partition coefficient (Wildman–Crippen LogP) is 2.21. The summed E-state index contributed by atoms with van der Waals surface area (Å²) in [6.45, 7) is 0. The van der Waals surface area contributed by atoms with Crippen LogP contribution in [-0.2, 0) is 5.60 Å². The Morgan fingerprint density at radius 1 is 1.05 bits per heavy atom. The van der Waals surface area contributed by atoms with Gasteiger partial charge in [0.2, 0.25) is 0 Å². The van der Waals surface area contributed by atoms with Crippen LogP contribution in [0.3, 0.4) is 0 Å². The van der Waals surface area contributed by atoms with Crippen molar-refractivity contribution in [1.29, 1.82) is 0 Å². The van der Waals surface area contributed by atoms with Gasteiger partial charge in [0.1, 0.15) is 5.60 Å². The molecule has 2 aliphatic rings. The van der Waals surface area contributed by atoms with Gasteiger partial charge in [-0.05, 0) is 42.4 Å². The molecule has 0 bridgehead atoms. The summed E-state index contributed by atoms with van der Waals surface area (Å²) < 4.78 is 0. The molecule has 0 unspecified atom stereocenters. The topological polar surface area (TPSA) is 86.7 Å². The Kier molecular flexibility index (Phi) is 3.38. The number of aromatic hydroxyl groups is 2. The molecule has 0 saturated heterocycles. The van der Waals surface area contributed by atoms with E-state index < -0.39 is 5.60 Å². The fourth-order valence-electron chi connectivity index (χ4n) is 4.06. The second kappa shape index (κ2) is 4.93. The molecule has 2 saturated carbocycles. The lowest BCUT2D eigenvalue weighted by Gasteiger charge is -2.48. The van der Waals surface area contributed by atoms with Gasteiger partial charge < -0.3 is 21.1 Å². The van der Waals surface area contributed by atoms with E-state index in [0.29, 0.717) is 23.8 Å². The molecular formula is C16H23NO3. The van der Waals surface area contributed by atoms with E-state index in [4.69, 9.17) is 5.73 Å². The van der Waals surface area contributed by atoms with Gasteiger partial charge in [-0.2, -0.15) is 0 Å². The molecule has 4 heteroatoms. The van der Waals surface area contributed by atoms with Crippen LogP contribution in [-0.4, -0.2) is 21.4 Å². The van der Waals surface area contributed by atoms with E-state index in [1.54, 1.807) is 6.07 Å². The van der Waals surface area contributed by atoms with Crippen LogP contribution in [0.25, 0.3) is 0 Å². The zero-order valence-corrected chi connectivity index (χ0v) is 11.6. The fourth-order valence-corrected chi connectivity index (χ4v) is 4.06. The van der Waals surface area contributed by atoms with E-state index in [9.17, 15) is 15.3 Å². The Balaban J connectivity index is 1.91. The van der Waals surface area contributed by atoms with Crippen molar-refractivity contribution in [3.8, 4) is 11.5 Å². The van der Waals surface area contributed by atoms with E-state index in [1.807, 2.05) is 0 Å². The number of fused-ring (bicyclic) bond motifs is 1. The lowest BCUT2D eigenvalue weighted by atomic mass is 9.62. The van der Waals surface area contributed by atoms with Crippen LogP contribution in [0.4, 0.5) is 0 Å². The van der Waals surface area contributed by atoms with Crippen LogP contribution in [0.5, 0.6) is 11.5 Å². The van der Waals surface area contributed by atoms with Gasteiger partial charge in [0.05, 0.1) is 0 Å². The van der Waals surface area contributed by atoms with Gasteiger partial charge in [0, 0.05) is 6.04 Å². The van der Waals surface area contributed by atoms with E-state index in [2.05, 4.69) is 0 Å². The standard InChI is InChI=1S/C16H23NO3/c17-15-7-10-3-1-2-4-11(10)9-16(15,20)12-5-6-13(18)14(19)8-12/h5-6,8,10-11,15,18-20H,1-4,7,9,17H2/t10-,11-,15+,16-/m1/s1. The van der Waals surface area contributed by atoms with Crippen molar-refractivity contribution in [3.63, 3.8) is 0 Å². The van der Waals surface area contributed by atoms with Gasteiger partial charge in [-0.25, -0.2) is 0 Å². The maximum atomic E-state index is 11.0. The molecule has 0 spiro atoms. The van der Waals surface area contributed by atoms with Gasteiger partial charge >= 0.3 is 0 Å². The number of nitrogens with two attached hydrogens (primary N) is 1. The van der Waals surface area contributed by atoms with Gasteiger partial charge in [-0.15, -0.1) is 0 Å². The number of phenolic OH excluding ortho intramolecular Hbond substituents is 2. The summed E-state index contributed by atoms with van der Waals surface area (Å²) in [6.07, 6.45) is 6.37. The third kappa shape index (κ3) is 2.17. The molecule has 0 heterocycles. The van der Waals surface area contributed by atoms with E-state index in [-0.39, 0.29) is 17.5 Å². The highest BCUT2D eigenvalue weighted by atomic mass is 16.3. The molecule has 0 aliphatic heterocycles. The van der Waals surface area contributed by atoms with E-state index in [0.717, 1.165) is 12.8 Å². The molecule has 4 nitrogen and oxygen atoms in total. The molecule has 5 N–H and O–H groups in total. The normalized spacial score (nSPS) is 37.4. The smallest absolute Gasteiger partial charge is 0.157 e. The number of benzene rings is 1. The summed E-state index contributed by atoms with van der Waals surface area (Å²) in [5.74, 6) is 0.778. The predicted molar refractivity (Wildman–Crippen MR) is 76.3 cm³/mol. The summed E-state index contributed by atoms with van der Waals surface area (Å²) in [6, 6.07) is 4.21. The SMILES string of the molecule is N[C@H]1C[C@H]2CCCC[C@@H]2C[C@@]1(O)c1ccc(O)c(O)c1. The molecule has 0 aromatic heterocycles. The van der Waals surface area contributed by atoms with Crippen LogP contribution in [0.15, 0.2) is 18.2 Å². The Labute approximate surface area is 119 Å². The number of hydrogen-bond donors (Lipinski definition) is 4. The van der Waals surface area contributed by atoms with Crippen molar-refractivity contribution in [3.05, 3.63) is 23.8 Å². The monoisotopic (exact) mass is 277 g/mol. The van der Waals surface area contributed by atoms with Crippen LogP contribution in [0, 0.1) is 11.8 Å². The van der Waals surface area contributed by atoms with Crippen molar-refractivity contribution in [2.45, 2.75) is 50.2 Å². The first-order chi connectivity index (χ1) is 9.50. The molecule has 2 fully saturated rings. The highest BCUT2D eigenvalue weighted by molar-refractivity contribution is 5.43. The van der Waals surface area contributed by atoms with E-state index >= 15 is 0 Å². The molecular weight excluding hydrogens is 254 g/mol. The van der Waals surface area contributed by atoms with Gasteiger partial charge in [-0.3, -0.25) is 0 Å². The molecule has 1 aromatic rings. The number of hydrogen-bond acceptors (Lipinski definition) is 4. The number of aliphatic hydroxyl groups is 1. The maximum absolute atomic E-state index is 11.0. The quantitative estimate of drug-likeness (QED) is 0.593. The summed E-state index contributed by atoms with van der Waals surface area (Å²) in [4.78, 5) is 0. The van der Waals surface area contributed by atoms with Crippen LogP contribution >= 0.6 is 0 Å². The first-order valence-electron chi connectivity index (χ1n) is 7.51. The Morgan fingerprint density at radius 3 is 2.45 bits per heavy atom. The minimum Gasteiger partial charge on any atom is -0.504 e. The minimum absolute atomic E-state index is 0.169. The molecule has 0 amide bonds. The first-order valence-corrected chi connectivity index (χ1v) is 7.51.